The Bertz CT molecular complexity index is 915. The number of esters is 2. The molecule has 0 fully saturated rings. The van der Waals surface area contributed by atoms with Gasteiger partial charge in [0.1, 0.15) is 0 Å². The van der Waals surface area contributed by atoms with Crippen LogP contribution in [0.2, 0.25) is 0 Å². The highest BCUT2D eigenvalue weighted by atomic mass is 16.5. The fourth-order valence-electron chi connectivity index (χ4n) is 5.58. The van der Waals surface area contributed by atoms with Crippen LogP contribution in [0.1, 0.15) is 144 Å². The van der Waals surface area contributed by atoms with Crippen LogP contribution in [-0.4, -0.2) is 61.3 Å². The summed E-state index contributed by atoms with van der Waals surface area (Å²) in [5.74, 6) is -1.91. The van der Waals surface area contributed by atoms with Crippen LogP contribution in [-0.2, 0) is 33.4 Å². The first kappa shape index (κ1) is 40.3. The molecule has 0 saturated heterocycles. The number of carbonyl (C=O) groups is 4. The highest BCUT2D eigenvalue weighted by molar-refractivity contribution is 5.95. The van der Waals surface area contributed by atoms with Gasteiger partial charge in [0.25, 0.3) is 0 Å². The van der Waals surface area contributed by atoms with Crippen molar-refractivity contribution in [3.05, 3.63) is 23.8 Å². The third-order valence-corrected chi connectivity index (χ3v) is 7.87. The van der Waals surface area contributed by atoms with E-state index in [1.54, 1.807) is 13.0 Å². The molecule has 3 atom stereocenters. The van der Waals surface area contributed by atoms with Crippen molar-refractivity contribution in [2.24, 2.45) is 0 Å². The molecule has 1 aliphatic carbocycles. The van der Waals surface area contributed by atoms with Gasteiger partial charge in [-0.25, -0.2) is 9.59 Å². The summed E-state index contributed by atoms with van der Waals surface area (Å²) in [5.41, 5.74) is 0.358. The maximum absolute atomic E-state index is 12.7. The number of rotatable bonds is 25. The zero-order chi connectivity index (χ0) is 33.3. The minimum absolute atomic E-state index is 0.144. The summed E-state index contributed by atoms with van der Waals surface area (Å²) in [6.45, 7) is 9.58. The number of unbranched alkanes of at least 4 members (excludes halogenated alkanes) is 15. The Morgan fingerprint density at radius 2 is 1.31 bits per heavy atom. The van der Waals surface area contributed by atoms with Crippen LogP contribution in [0.25, 0.3) is 0 Å². The number of nitrogens with one attached hydrogen (secondary N) is 2. The lowest BCUT2D eigenvalue weighted by Gasteiger charge is -2.37. The molecule has 0 unspecified atom stereocenters. The Kier molecular flexibility index (Phi) is 22.9. The lowest BCUT2D eigenvalue weighted by Crippen LogP contribution is -2.59. The van der Waals surface area contributed by atoms with Crippen molar-refractivity contribution in [3.8, 4) is 0 Å². The summed E-state index contributed by atoms with van der Waals surface area (Å²) >= 11 is 0. The van der Waals surface area contributed by atoms with Crippen LogP contribution in [0.3, 0.4) is 0 Å². The highest BCUT2D eigenvalue weighted by Crippen LogP contribution is 2.24. The number of ether oxygens (including phenoxy) is 3. The van der Waals surface area contributed by atoms with E-state index in [9.17, 15) is 19.2 Å². The second kappa shape index (κ2) is 25.5. The van der Waals surface area contributed by atoms with Crippen LogP contribution in [0, 0.1) is 0 Å². The van der Waals surface area contributed by atoms with Gasteiger partial charge in [0.05, 0.1) is 37.5 Å². The minimum atomic E-state index is -0.652. The third kappa shape index (κ3) is 20.1. The molecule has 0 aromatic carbocycles. The van der Waals surface area contributed by atoms with E-state index in [0.29, 0.717) is 12.2 Å². The molecule has 0 radical (unpaired) electrons. The molecule has 0 bridgehead atoms. The van der Waals surface area contributed by atoms with Gasteiger partial charge >= 0.3 is 11.9 Å². The van der Waals surface area contributed by atoms with Crippen LogP contribution in [0.5, 0.6) is 0 Å². The molecular weight excluding hydrogens is 572 g/mol. The average molecular weight is 635 g/mol. The Balaban J connectivity index is 2.31. The molecule has 258 valence electrons. The van der Waals surface area contributed by atoms with E-state index < -0.39 is 36.0 Å². The van der Waals surface area contributed by atoms with E-state index in [1.165, 1.54) is 90.4 Å². The largest absolute Gasteiger partial charge is 0.463 e. The van der Waals surface area contributed by atoms with Crippen molar-refractivity contribution < 1.29 is 33.4 Å². The standard InChI is InChI=1S/C36H62N2O7/c1-6-8-9-10-11-12-13-14-15-16-17-18-19-20-21-22-25-44-34(41)24-23-33(40)38-31-26-30(36(42)43-7-2)27-32(45-28(3)4)35(31)37-29(5)39/h23-24,27-28,31-32,35H,6-22,25-26H2,1-5H3,(H,37,39)(H,38,40)/b24-23+/t31-,32+,35+/m0/s1. The first-order valence-corrected chi connectivity index (χ1v) is 17.6. The van der Waals surface area contributed by atoms with Crippen LogP contribution >= 0.6 is 0 Å². The van der Waals surface area contributed by atoms with Gasteiger partial charge in [-0.15, -0.1) is 0 Å². The van der Waals surface area contributed by atoms with Gasteiger partial charge < -0.3 is 24.8 Å². The molecule has 0 heterocycles. The van der Waals surface area contributed by atoms with Crippen LogP contribution < -0.4 is 10.6 Å². The summed E-state index contributed by atoms with van der Waals surface area (Å²) in [6.07, 6.45) is 23.6. The van der Waals surface area contributed by atoms with E-state index in [2.05, 4.69) is 17.6 Å². The van der Waals surface area contributed by atoms with E-state index in [0.717, 1.165) is 31.4 Å². The summed E-state index contributed by atoms with van der Waals surface area (Å²) in [6, 6.07) is -1.26. The van der Waals surface area contributed by atoms with Gasteiger partial charge in [0, 0.05) is 31.1 Å². The molecule has 0 aromatic rings. The molecule has 45 heavy (non-hydrogen) atoms. The lowest BCUT2D eigenvalue weighted by molar-refractivity contribution is -0.139. The zero-order valence-electron chi connectivity index (χ0n) is 28.8. The molecule has 9 nitrogen and oxygen atoms in total. The second-order valence-corrected chi connectivity index (χ2v) is 12.4. The minimum Gasteiger partial charge on any atom is -0.463 e. The van der Waals surface area contributed by atoms with Crippen molar-refractivity contribution in [3.63, 3.8) is 0 Å². The topological polar surface area (TPSA) is 120 Å². The first-order chi connectivity index (χ1) is 21.7. The molecule has 1 rings (SSSR count). The molecule has 1 aliphatic rings. The molecular formula is C36H62N2O7. The monoisotopic (exact) mass is 634 g/mol. The molecule has 0 aromatic heterocycles. The predicted molar refractivity (Wildman–Crippen MR) is 179 cm³/mol. The highest BCUT2D eigenvalue weighted by Gasteiger charge is 2.38. The van der Waals surface area contributed by atoms with E-state index in [-0.39, 0.29) is 25.0 Å². The zero-order valence-corrected chi connectivity index (χ0v) is 28.8. The van der Waals surface area contributed by atoms with Crippen LogP contribution in [0.4, 0.5) is 0 Å². The summed E-state index contributed by atoms with van der Waals surface area (Å²) in [4.78, 5) is 49.3. The van der Waals surface area contributed by atoms with Gasteiger partial charge in [-0.2, -0.15) is 0 Å². The van der Waals surface area contributed by atoms with Gasteiger partial charge in [-0.1, -0.05) is 103 Å². The number of carbonyl (C=O) groups excluding carboxylic acids is 4. The van der Waals surface area contributed by atoms with Gasteiger partial charge in [-0.3, -0.25) is 9.59 Å². The normalized spacial score (nSPS) is 18.1. The van der Waals surface area contributed by atoms with Crippen molar-refractivity contribution in [1.29, 1.82) is 0 Å². The van der Waals surface area contributed by atoms with Crippen molar-refractivity contribution in [1.82, 2.24) is 10.6 Å². The van der Waals surface area contributed by atoms with Gasteiger partial charge in [0.15, 0.2) is 0 Å². The summed E-state index contributed by atoms with van der Waals surface area (Å²) < 4.78 is 16.4. The van der Waals surface area contributed by atoms with Gasteiger partial charge in [0.2, 0.25) is 11.8 Å². The smallest absolute Gasteiger partial charge is 0.333 e. The third-order valence-electron chi connectivity index (χ3n) is 7.87. The first-order valence-electron chi connectivity index (χ1n) is 17.6. The Hall–Kier alpha value is -2.68. The maximum Gasteiger partial charge on any atom is 0.333 e. The molecule has 9 heteroatoms. The van der Waals surface area contributed by atoms with Gasteiger partial charge in [-0.05, 0) is 33.3 Å². The van der Waals surface area contributed by atoms with E-state index in [4.69, 9.17) is 14.2 Å². The molecule has 0 aliphatic heterocycles. The Morgan fingerprint density at radius 1 is 0.778 bits per heavy atom. The quantitative estimate of drug-likeness (QED) is 0.0629. The van der Waals surface area contributed by atoms with E-state index in [1.807, 2.05) is 13.8 Å². The molecule has 0 saturated carbocycles. The Morgan fingerprint density at radius 3 is 1.80 bits per heavy atom. The summed E-state index contributed by atoms with van der Waals surface area (Å²) in [5, 5.41) is 5.64. The molecule has 2 N–H and O–H groups in total. The van der Waals surface area contributed by atoms with Crippen molar-refractivity contribution in [2.45, 2.75) is 168 Å². The number of amides is 2. The van der Waals surface area contributed by atoms with Crippen molar-refractivity contribution >= 4 is 23.8 Å². The lowest BCUT2D eigenvalue weighted by atomic mass is 9.87. The second-order valence-electron chi connectivity index (χ2n) is 12.4. The fourth-order valence-corrected chi connectivity index (χ4v) is 5.58. The average Bonchev–Trinajstić information content (AvgIpc) is 2.98. The fraction of sp³-hybridized carbons (Fsp3) is 0.778. The number of hydrogen-bond donors (Lipinski definition) is 2. The van der Waals surface area contributed by atoms with Crippen molar-refractivity contribution in [2.75, 3.05) is 13.2 Å². The summed E-state index contributed by atoms with van der Waals surface area (Å²) in [7, 11) is 0. The predicted octanol–water partition coefficient (Wildman–Crippen LogP) is 7.02. The molecule has 2 amide bonds. The number of hydrogen-bond acceptors (Lipinski definition) is 7. The Labute approximate surface area is 272 Å². The maximum atomic E-state index is 12.7. The van der Waals surface area contributed by atoms with E-state index >= 15 is 0 Å². The molecule has 0 spiro atoms. The van der Waals surface area contributed by atoms with Crippen LogP contribution in [0.15, 0.2) is 23.8 Å². The SMILES string of the molecule is CCCCCCCCCCCCCCCCCCOC(=O)/C=C/C(=O)N[C@H]1CC(C(=O)OCC)=C[C@@H](OC(C)C)[C@@H]1NC(C)=O.